The fraction of sp³-hybridized carbons (Fsp3) is 0.324. The first-order valence-corrected chi connectivity index (χ1v) is 16.4. The van der Waals surface area contributed by atoms with Gasteiger partial charge in [0, 0.05) is 54.8 Å². The van der Waals surface area contributed by atoms with Crippen molar-refractivity contribution in [3.05, 3.63) is 90.0 Å². The van der Waals surface area contributed by atoms with E-state index in [0.717, 1.165) is 18.4 Å². The number of pyridine rings is 2. The van der Waals surface area contributed by atoms with E-state index in [0.29, 0.717) is 59.4 Å². The molecule has 13 heteroatoms. The van der Waals surface area contributed by atoms with Crippen LogP contribution in [0.25, 0.3) is 22.2 Å². The highest BCUT2D eigenvalue weighted by Gasteiger charge is 2.31. The van der Waals surface area contributed by atoms with Gasteiger partial charge in [-0.15, -0.1) is 0 Å². The number of anilines is 2. The molecule has 1 fully saturated rings. The lowest BCUT2D eigenvalue weighted by Gasteiger charge is -2.34. The second-order valence-electron chi connectivity index (χ2n) is 13.0. The molecule has 5 aromatic rings. The Morgan fingerprint density at radius 2 is 1.84 bits per heavy atom. The van der Waals surface area contributed by atoms with Gasteiger partial charge < -0.3 is 29.7 Å². The molecule has 0 saturated carbocycles. The molecule has 0 aliphatic carbocycles. The molecule has 3 aromatic heterocycles. The Labute approximate surface area is 289 Å². The third-order valence-electron chi connectivity index (χ3n) is 8.35. The summed E-state index contributed by atoms with van der Waals surface area (Å²) in [6, 6.07) is 16.6. The van der Waals surface area contributed by atoms with Crippen molar-refractivity contribution in [2.45, 2.75) is 51.8 Å². The van der Waals surface area contributed by atoms with Gasteiger partial charge in [0.25, 0.3) is 5.91 Å². The number of benzene rings is 2. The van der Waals surface area contributed by atoms with Crippen LogP contribution in [0.4, 0.5) is 20.8 Å². The second-order valence-corrected chi connectivity index (χ2v) is 13.0. The largest absolute Gasteiger partial charge is 0.497 e. The Bertz CT molecular complexity index is 2010. The molecule has 2 N–H and O–H groups in total. The second kappa shape index (κ2) is 14.4. The summed E-state index contributed by atoms with van der Waals surface area (Å²) >= 11 is 0. The first-order chi connectivity index (χ1) is 24.0. The lowest BCUT2D eigenvalue weighted by molar-refractivity contribution is 0.0169. The summed E-state index contributed by atoms with van der Waals surface area (Å²) in [4.78, 5) is 36.5. The molecule has 0 bridgehead atoms. The molecule has 0 spiro atoms. The van der Waals surface area contributed by atoms with Crippen molar-refractivity contribution in [1.29, 1.82) is 0 Å². The van der Waals surface area contributed by atoms with Crippen LogP contribution in [0, 0.1) is 5.82 Å². The van der Waals surface area contributed by atoms with E-state index in [4.69, 9.17) is 19.3 Å². The third-order valence-corrected chi connectivity index (χ3v) is 8.35. The number of hydrogen-bond donors (Lipinski definition) is 2. The van der Waals surface area contributed by atoms with Crippen LogP contribution in [0.5, 0.6) is 11.5 Å². The van der Waals surface area contributed by atoms with Gasteiger partial charge in [-0.3, -0.25) is 9.48 Å². The Morgan fingerprint density at radius 3 is 2.56 bits per heavy atom. The van der Waals surface area contributed by atoms with Gasteiger partial charge in [0.2, 0.25) is 0 Å². The number of piperidine rings is 1. The highest BCUT2D eigenvalue weighted by molar-refractivity contribution is 6.05. The van der Waals surface area contributed by atoms with E-state index in [1.54, 1.807) is 67.9 Å². The molecule has 12 nitrogen and oxygen atoms in total. The van der Waals surface area contributed by atoms with E-state index < -0.39 is 17.3 Å². The zero-order valence-electron chi connectivity index (χ0n) is 28.7. The normalized spacial score (nSPS) is 14.7. The van der Waals surface area contributed by atoms with Crippen molar-refractivity contribution < 1.29 is 28.2 Å². The minimum absolute atomic E-state index is 0.129. The first kappa shape index (κ1) is 34.2. The zero-order valence-corrected chi connectivity index (χ0v) is 28.7. The molecule has 1 aliphatic heterocycles. The van der Waals surface area contributed by atoms with Crippen LogP contribution < -0.4 is 20.1 Å². The number of hydrogen-bond acceptors (Lipinski definition) is 9. The Hall–Kier alpha value is -5.72. The van der Waals surface area contributed by atoms with Crippen molar-refractivity contribution in [1.82, 2.24) is 24.6 Å². The van der Waals surface area contributed by atoms with Crippen molar-refractivity contribution in [3.63, 3.8) is 0 Å². The Balaban J connectivity index is 1.39. The van der Waals surface area contributed by atoms with Gasteiger partial charge in [-0.25, -0.2) is 19.2 Å². The number of fused-ring (bicyclic) bond motifs is 1. The van der Waals surface area contributed by atoms with E-state index in [2.05, 4.69) is 20.6 Å². The van der Waals surface area contributed by atoms with Crippen molar-refractivity contribution in [3.8, 4) is 22.8 Å². The number of halogens is 1. The maximum absolute atomic E-state index is 16.1. The monoisotopic (exact) mass is 681 g/mol. The Morgan fingerprint density at radius 1 is 1.00 bits per heavy atom. The van der Waals surface area contributed by atoms with E-state index in [1.807, 2.05) is 43.7 Å². The number of amides is 2. The molecule has 4 heterocycles. The lowest BCUT2D eigenvalue weighted by atomic mass is 10.0. The minimum Gasteiger partial charge on any atom is -0.497 e. The quantitative estimate of drug-likeness (QED) is 0.167. The van der Waals surface area contributed by atoms with Crippen molar-refractivity contribution in [2.24, 2.45) is 0 Å². The van der Waals surface area contributed by atoms with Gasteiger partial charge in [-0.2, -0.15) is 5.10 Å². The van der Waals surface area contributed by atoms with Crippen molar-refractivity contribution >= 4 is 34.5 Å². The van der Waals surface area contributed by atoms with Crippen LogP contribution >= 0.6 is 0 Å². The highest BCUT2D eigenvalue weighted by atomic mass is 19.1. The topological polar surface area (TPSA) is 133 Å². The van der Waals surface area contributed by atoms with E-state index >= 15 is 4.39 Å². The molecule has 1 saturated heterocycles. The number of nitrogens with one attached hydrogen (secondary N) is 2. The standard InChI is InChI=1S/C37H40FN7O5/c1-37(2,3)50-36(47)44-18-8-9-25(22-44)45-29-15-17-40-34(41-21-24-11-13-26(48-4)20-30(24)49-5)32(29)33(43-45)27-14-12-23(19-28(27)38)35(46)42-31-10-6-7-16-39-31/h6-7,10-17,19-20,25H,8-9,18,21-22H2,1-5H3,(H,40,41)(H,39,42,46)/t25-/m1/s1. The molecule has 50 heavy (non-hydrogen) atoms. The number of carbonyl (C=O) groups is 2. The van der Waals surface area contributed by atoms with Gasteiger partial charge >= 0.3 is 6.09 Å². The molecule has 2 amide bonds. The predicted octanol–water partition coefficient (Wildman–Crippen LogP) is 7.09. The predicted molar refractivity (Wildman–Crippen MR) is 188 cm³/mol. The molecule has 1 atom stereocenters. The summed E-state index contributed by atoms with van der Waals surface area (Å²) in [6.45, 7) is 6.79. The summed E-state index contributed by atoms with van der Waals surface area (Å²) in [6.07, 6.45) is 4.33. The lowest BCUT2D eigenvalue weighted by Crippen LogP contribution is -2.43. The molecule has 2 aromatic carbocycles. The number of carbonyl (C=O) groups excluding carboxylic acids is 2. The number of nitrogens with zero attached hydrogens (tertiary/aromatic N) is 5. The number of ether oxygens (including phenoxy) is 3. The first-order valence-electron chi connectivity index (χ1n) is 16.4. The summed E-state index contributed by atoms with van der Waals surface area (Å²) in [5.74, 6) is 1.01. The fourth-order valence-corrected chi connectivity index (χ4v) is 5.99. The maximum atomic E-state index is 16.1. The third kappa shape index (κ3) is 7.46. The van der Waals surface area contributed by atoms with Crippen molar-refractivity contribution in [2.75, 3.05) is 37.9 Å². The Kier molecular flexibility index (Phi) is 9.84. The molecular formula is C37H40FN7O5. The molecule has 260 valence electrons. The van der Waals surface area contributed by atoms with Crippen LogP contribution in [0.15, 0.2) is 73.1 Å². The molecule has 0 unspecified atom stereocenters. The summed E-state index contributed by atoms with van der Waals surface area (Å²) < 4.78 is 34.6. The SMILES string of the molecule is COc1ccc(CNc2nccc3c2c(-c2ccc(C(=O)Nc4ccccn4)cc2F)nn3[C@@H]2CCCN(C(=O)OC(C)(C)C)C2)c(OC)c1. The number of methoxy groups -OCH3 is 2. The number of likely N-dealkylation sites (tertiary alicyclic amines) is 1. The van der Waals surface area contributed by atoms with Gasteiger partial charge in [-0.05, 0) is 82.1 Å². The summed E-state index contributed by atoms with van der Waals surface area (Å²) in [5, 5.41) is 11.7. The summed E-state index contributed by atoms with van der Waals surface area (Å²) in [5.41, 5.74) is 1.61. The fourth-order valence-electron chi connectivity index (χ4n) is 5.99. The molecule has 6 rings (SSSR count). The van der Waals surface area contributed by atoms with Crippen LogP contribution in [-0.2, 0) is 11.3 Å². The minimum atomic E-state index is -0.632. The van der Waals surface area contributed by atoms with Gasteiger partial charge in [0.1, 0.15) is 40.2 Å². The number of aromatic nitrogens is 4. The van der Waals surface area contributed by atoms with E-state index in [-0.39, 0.29) is 23.3 Å². The van der Waals surface area contributed by atoms with Crippen LogP contribution in [0.3, 0.4) is 0 Å². The smallest absolute Gasteiger partial charge is 0.410 e. The van der Waals surface area contributed by atoms with Crippen LogP contribution in [0.2, 0.25) is 0 Å². The van der Waals surface area contributed by atoms with E-state index in [1.165, 1.54) is 6.07 Å². The molecule has 0 radical (unpaired) electrons. The number of rotatable bonds is 9. The van der Waals surface area contributed by atoms with Gasteiger partial charge in [0.05, 0.1) is 31.2 Å². The van der Waals surface area contributed by atoms with Gasteiger partial charge in [-0.1, -0.05) is 6.07 Å². The molecule has 1 aliphatic rings. The zero-order chi connectivity index (χ0) is 35.4. The highest BCUT2D eigenvalue weighted by Crippen LogP contribution is 2.38. The average molecular weight is 682 g/mol. The van der Waals surface area contributed by atoms with Crippen LogP contribution in [-0.4, -0.2) is 69.6 Å². The average Bonchev–Trinajstić information content (AvgIpc) is 3.50. The van der Waals surface area contributed by atoms with Gasteiger partial charge in [0.15, 0.2) is 0 Å². The van der Waals surface area contributed by atoms with Crippen LogP contribution in [0.1, 0.15) is 55.6 Å². The van der Waals surface area contributed by atoms with E-state index in [9.17, 15) is 9.59 Å². The molecular weight excluding hydrogens is 641 g/mol. The summed E-state index contributed by atoms with van der Waals surface area (Å²) in [7, 11) is 3.18. The maximum Gasteiger partial charge on any atom is 0.410 e.